The summed E-state index contributed by atoms with van der Waals surface area (Å²) in [5.41, 5.74) is 6.32. The number of fused-ring (bicyclic) bond motifs is 1. The molecule has 18 heteroatoms. The van der Waals surface area contributed by atoms with Gasteiger partial charge in [-0.15, -0.1) is 0 Å². The number of primary amides is 1. The molecular formula is C31H32ClF3N8O5S. The third-order valence-electron chi connectivity index (χ3n) is 9.52. The van der Waals surface area contributed by atoms with Crippen molar-refractivity contribution in [2.24, 2.45) is 11.7 Å². The number of aromatic nitrogens is 3. The Kier molecular flexibility index (Phi) is 8.14. The van der Waals surface area contributed by atoms with Crippen molar-refractivity contribution in [1.29, 1.82) is 0 Å². The molecule has 13 nitrogen and oxygen atoms in total. The molecule has 7 rings (SSSR count). The molecule has 2 aromatic carbocycles. The van der Waals surface area contributed by atoms with Crippen LogP contribution in [0.4, 0.5) is 30.8 Å². The zero-order valence-corrected chi connectivity index (χ0v) is 27.4. The van der Waals surface area contributed by atoms with Crippen LogP contribution in [0.15, 0.2) is 48.5 Å². The number of nitrogens with one attached hydrogen (secondary N) is 3. The van der Waals surface area contributed by atoms with Gasteiger partial charge in [0.2, 0.25) is 27.8 Å². The van der Waals surface area contributed by atoms with Crippen LogP contribution in [0.1, 0.15) is 54.4 Å². The SMILES string of the molecule is NC(=O)[C@@H]1C[C@@H]2C[C@@H]2N1CC1(S(=O)(=O)NC(=O)c2ccc(Nc3nc(NC4(c5ccc(Cl)cc5)CC4)nc(OCC(F)(F)F)n3)cc2)CC1. The van der Waals surface area contributed by atoms with Gasteiger partial charge in [-0.05, 0) is 86.4 Å². The van der Waals surface area contributed by atoms with Crippen molar-refractivity contribution >= 4 is 51.0 Å². The lowest BCUT2D eigenvalue weighted by Crippen LogP contribution is -2.51. The summed E-state index contributed by atoms with van der Waals surface area (Å²) in [6, 6.07) is 11.9. The van der Waals surface area contributed by atoms with Gasteiger partial charge in [0, 0.05) is 28.9 Å². The van der Waals surface area contributed by atoms with Crippen LogP contribution >= 0.6 is 11.6 Å². The zero-order chi connectivity index (χ0) is 34.8. The topological polar surface area (TPSA) is 182 Å². The van der Waals surface area contributed by atoms with Gasteiger partial charge in [0.05, 0.1) is 11.6 Å². The Bertz CT molecular complexity index is 1890. The molecule has 260 valence electrons. The number of carbonyl (C=O) groups is 2. The summed E-state index contributed by atoms with van der Waals surface area (Å²) < 4.78 is 71.4. The highest BCUT2D eigenvalue weighted by Gasteiger charge is 2.62. The van der Waals surface area contributed by atoms with E-state index in [4.69, 9.17) is 22.1 Å². The molecule has 1 aromatic heterocycles. The fraction of sp³-hybridized carbons (Fsp3) is 0.452. The molecule has 3 atom stereocenters. The van der Waals surface area contributed by atoms with Gasteiger partial charge in [0.25, 0.3) is 5.91 Å². The van der Waals surface area contributed by atoms with Crippen LogP contribution in [0.2, 0.25) is 5.02 Å². The maximum atomic E-state index is 13.4. The van der Waals surface area contributed by atoms with Gasteiger partial charge in [0.1, 0.15) is 4.75 Å². The van der Waals surface area contributed by atoms with Crippen LogP contribution in [0.25, 0.3) is 0 Å². The number of carbonyl (C=O) groups excluding carboxylic acids is 2. The zero-order valence-electron chi connectivity index (χ0n) is 25.8. The van der Waals surface area contributed by atoms with Gasteiger partial charge in [0.15, 0.2) is 6.61 Å². The molecule has 1 aliphatic heterocycles. The molecule has 2 heterocycles. The number of anilines is 3. The molecule has 4 aliphatic rings. The quantitative estimate of drug-likeness (QED) is 0.201. The first kappa shape index (κ1) is 33.3. The normalized spacial score (nSPS) is 23.2. The molecule has 0 unspecified atom stereocenters. The number of nitrogens with zero attached hydrogens (tertiary/aromatic N) is 4. The van der Waals surface area contributed by atoms with Crippen molar-refractivity contribution in [2.75, 3.05) is 23.8 Å². The second-order valence-corrected chi connectivity index (χ2v) is 15.6. The maximum Gasteiger partial charge on any atom is 0.422 e. The molecule has 0 bridgehead atoms. The van der Waals surface area contributed by atoms with Gasteiger partial charge in [-0.25, -0.2) is 13.1 Å². The van der Waals surface area contributed by atoms with E-state index in [-0.39, 0.29) is 30.0 Å². The van der Waals surface area contributed by atoms with E-state index in [0.717, 1.165) is 24.8 Å². The summed E-state index contributed by atoms with van der Waals surface area (Å²) in [5, 5.41) is 6.61. The molecule has 3 aromatic rings. The highest BCUT2D eigenvalue weighted by molar-refractivity contribution is 7.91. The van der Waals surface area contributed by atoms with Crippen molar-refractivity contribution < 1.29 is 35.9 Å². The Morgan fingerprint density at radius 3 is 2.27 bits per heavy atom. The molecule has 3 aliphatic carbocycles. The van der Waals surface area contributed by atoms with Gasteiger partial charge in [-0.2, -0.15) is 28.1 Å². The summed E-state index contributed by atoms with van der Waals surface area (Å²) in [5.74, 6) is -1.11. The molecular weight excluding hydrogens is 689 g/mol. The third kappa shape index (κ3) is 7.10. The number of likely N-dealkylation sites (tertiary alicyclic amines) is 1. The average molecular weight is 721 g/mol. The molecule has 0 radical (unpaired) electrons. The Balaban J connectivity index is 1.04. The van der Waals surface area contributed by atoms with E-state index >= 15 is 0 Å². The van der Waals surface area contributed by atoms with E-state index in [1.807, 2.05) is 17.0 Å². The number of hydrogen-bond donors (Lipinski definition) is 4. The highest BCUT2D eigenvalue weighted by Crippen LogP contribution is 2.52. The number of piperidine rings is 1. The minimum atomic E-state index is -4.63. The van der Waals surface area contributed by atoms with Gasteiger partial charge in [-0.1, -0.05) is 23.7 Å². The van der Waals surface area contributed by atoms with Crippen LogP contribution in [0.3, 0.4) is 0 Å². The number of benzene rings is 2. The van der Waals surface area contributed by atoms with Crippen molar-refractivity contribution in [3.8, 4) is 6.01 Å². The van der Waals surface area contributed by atoms with Gasteiger partial charge >= 0.3 is 12.2 Å². The number of hydrogen-bond acceptors (Lipinski definition) is 11. The number of amides is 2. The van der Waals surface area contributed by atoms with Crippen molar-refractivity contribution in [3.63, 3.8) is 0 Å². The maximum absolute atomic E-state index is 13.4. The summed E-state index contributed by atoms with van der Waals surface area (Å²) in [6.45, 7) is -1.48. The lowest BCUT2D eigenvalue weighted by atomic mass is 10.1. The van der Waals surface area contributed by atoms with E-state index in [2.05, 4.69) is 30.3 Å². The molecule has 5 N–H and O–H groups in total. The van der Waals surface area contributed by atoms with Crippen LogP contribution in [0, 0.1) is 5.92 Å². The number of ether oxygens (including phenoxy) is 1. The summed E-state index contributed by atoms with van der Waals surface area (Å²) in [7, 11) is -4.10. The average Bonchev–Trinajstić information content (AvgIpc) is 3.95. The second kappa shape index (κ2) is 12.0. The second-order valence-electron chi connectivity index (χ2n) is 13.1. The Labute approximate surface area is 284 Å². The predicted octanol–water partition coefficient (Wildman–Crippen LogP) is 3.85. The minimum Gasteiger partial charge on any atom is -0.454 e. The Morgan fingerprint density at radius 1 is 0.980 bits per heavy atom. The monoisotopic (exact) mass is 720 g/mol. The molecule has 1 saturated heterocycles. The van der Waals surface area contributed by atoms with Crippen LogP contribution < -0.4 is 25.8 Å². The first-order valence-electron chi connectivity index (χ1n) is 15.6. The van der Waals surface area contributed by atoms with Crippen molar-refractivity contribution in [1.82, 2.24) is 24.6 Å². The first-order valence-corrected chi connectivity index (χ1v) is 17.5. The minimum absolute atomic E-state index is 0.0226. The van der Waals surface area contributed by atoms with E-state index in [9.17, 15) is 31.2 Å². The smallest absolute Gasteiger partial charge is 0.422 e. The van der Waals surface area contributed by atoms with E-state index in [0.29, 0.717) is 35.9 Å². The van der Waals surface area contributed by atoms with E-state index in [1.54, 1.807) is 12.1 Å². The standard InChI is InChI=1S/C31H32ClF3N8O5S/c32-20-5-3-19(4-6-20)30(11-12-30)41-27-38-26(39-28(40-27)48-16-31(33,34)35)37-21-7-1-17(2-8-21)25(45)42-49(46,47)29(9-10-29)15-43-22-13-18(22)14-23(43)24(36)44/h1-8,18,22-23H,9-16H2,(H2,36,44)(H,42,45)(H2,37,38,39,40,41)/t18-,22-,23-/m0/s1. The van der Waals surface area contributed by atoms with Crippen LogP contribution in [-0.4, -0.2) is 76.2 Å². The lowest BCUT2D eigenvalue weighted by Gasteiger charge is -2.29. The highest BCUT2D eigenvalue weighted by atomic mass is 35.5. The van der Waals surface area contributed by atoms with Crippen molar-refractivity contribution in [2.45, 2.75) is 67.1 Å². The number of nitrogens with two attached hydrogens (primary N) is 1. The first-order chi connectivity index (χ1) is 23.1. The van der Waals surface area contributed by atoms with E-state index < -0.39 is 57.0 Å². The van der Waals surface area contributed by atoms with Crippen LogP contribution in [0.5, 0.6) is 6.01 Å². The summed E-state index contributed by atoms with van der Waals surface area (Å²) in [6.07, 6.45) is -0.951. The number of sulfonamides is 1. The number of alkyl halides is 3. The summed E-state index contributed by atoms with van der Waals surface area (Å²) in [4.78, 5) is 39.2. The molecule has 0 spiro atoms. The molecule has 2 amide bonds. The fourth-order valence-corrected chi connectivity index (χ4v) is 8.09. The Morgan fingerprint density at radius 2 is 1.65 bits per heavy atom. The van der Waals surface area contributed by atoms with Crippen LogP contribution in [-0.2, 0) is 20.4 Å². The molecule has 3 saturated carbocycles. The summed E-state index contributed by atoms with van der Waals surface area (Å²) >= 11 is 6.02. The number of halogens is 4. The Hall–Kier alpha value is -4.22. The predicted molar refractivity (Wildman–Crippen MR) is 172 cm³/mol. The van der Waals surface area contributed by atoms with Gasteiger partial charge < -0.3 is 21.1 Å². The fourth-order valence-electron chi connectivity index (χ4n) is 6.43. The third-order valence-corrected chi connectivity index (χ3v) is 11.9. The largest absolute Gasteiger partial charge is 0.454 e. The van der Waals surface area contributed by atoms with E-state index in [1.165, 1.54) is 24.3 Å². The van der Waals surface area contributed by atoms with Gasteiger partial charge in [-0.3, -0.25) is 14.5 Å². The molecule has 49 heavy (non-hydrogen) atoms. The van der Waals surface area contributed by atoms with Crippen molar-refractivity contribution in [3.05, 3.63) is 64.7 Å². The lowest BCUT2D eigenvalue weighted by molar-refractivity contribution is -0.154. The number of rotatable bonds is 13. The molecule has 4 fully saturated rings.